The summed E-state index contributed by atoms with van der Waals surface area (Å²) in [4.78, 5) is 81.2. The number of hydrogen-bond donors (Lipinski definition) is 5. The van der Waals surface area contributed by atoms with E-state index in [1.54, 1.807) is 4.90 Å². The minimum atomic E-state index is -1.02. The molecule has 0 aliphatic carbocycles. The van der Waals surface area contributed by atoms with Gasteiger partial charge < -0.3 is 27.0 Å². The molecular formula is C39H54N6O6. The fourth-order valence-corrected chi connectivity index (χ4v) is 7.04. The SMILES string of the molecule is CC(C)C[C@@H](NC(=O)[C@H](CC(=O)[C@H](N)Cc1ccccc1)Cc1ccccc1)C(=O)C[C@H](CCCCN)C(=O)N1CCC2(CC1)NC(=O)NC2=O. The van der Waals surface area contributed by atoms with Crippen LogP contribution in [0, 0.1) is 17.8 Å². The van der Waals surface area contributed by atoms with E-state index in [1.165, 1.54) is 0 Å². The van der Waals surface area contributed by atoms with Gasteiger partial charge in [-0.3, -0.25) is 29.3 Å². The van der Waals surface area contributed by atoms with Gasteiger partial charge in [0.25, 0.3) is 5.91 Å². The van der Waals surface area contributed by atoms with Crippen LogP contribution in [-0.2, 0) is 36.8 Å². The summed E-state index contributed by atoms with van der Waals surface area (Å²) >= 11 is 0. The number of carbonyl (C=O) groups is 6. The van der Waals surface area contributed by atoms with Gasteiger partial charge in [-0.25, -0.2) is 4.79 Å². The standard InChI is InChI=1S/C39H54N6O6/c1-26(2)21-32(34(47)24-29(15-9-10-18-40)36(49)45-19-16-39(17-20-45)37(50)43-38(51)44-39)42-35(48)30(22-27-11-5-3-6-12-27)25-33(46)31(41)23-28-13-7-4-8-14-28/h3-8,11-14,26,29-32H,9-10,15-25,40-41H2,1-2H3,(H,42,48)(H2,43,44,50,51)/t29-,30-,31+,32+/m0/s1. The second-order valence-corrected chi connectivity index (χ2v) is 14.5. The smallest absolute Gasteiger partial charge is 0.322 e. The Hall–Kier alpha value is -4.42. The van der Waals surface area contributed by atoms with Gasteiger partial charge in [-0.15, -0.1) is 0 Å². The molecule has 7 N–H and O–H groups in total. The van der Waals surface area contributed by atoms with Crippen molar-refractivity contribution in [1.82, 2.24) is 20.9 Å². The molecular weight excluding hydrogens is 648 g/mol. The molecule has 0 radical (unpaired) electrons. The first-order valence-electron chi connectivity index (χ1n) is 18.2. The van der Waals surface area contributed by atoms with Crippen molar-refractivity contribution in [1.29, 1.82) is 0 Å². The Morgan fingerprint density at radius 2 is 1.43 bits per heavy atom. The predicted molar refractivity (Wildman–Crippen MR) is 194 cm³/mol. The van der Waals surface area contributed by atoms with Crippen molar-refractivity contribution in [3.05, 3.63) is 71.8 Å². The van der Waals surface area contributed by atoms with E-state index in [-0.39, 0.29) is 68.1 Å². The number of ketones is 2. The van der Waals surface area contributed by atoms with E-state index in [9.17, 15) is 28.8 Å². The molecule has 5 amide bonds. The van der Waals surface area contributed by atoms with Crippen LogP contribution in [0.3, 0.4) is 0 Å². The largest absolute Gasteiger partial charge is 0.346 e. The van der Waals surface area contributed by atoms with Crippen molar-refractivity contribution in [2.45, 2.75) is 95.7 Å². The van der Waals surface area contributed by atoms with Gasteiger partial charge >= 0.3 is 6.03 Å². The quantitative estimate of drug-likeness (QED) is 0.109. The summed E-state index contributed by atoms with van der Waals surface area (Å²) in [7, 11) is 0. The Balaban J connectivity index is 1.47. The molecule has 2 fully saturated rings. The van der Waals surface area contributed by atoms with Crippen LogP contribution in [0.15, 0.2) is 60.7 Å². The van der Waals surface area contributed by atoms with Crippen LogP contribution < -0.4 is 27.4 Å². The summed E-state index contributed by atoms with van der Waals surface area (Å²) < 4.78 is 0. The molecule has 0 unspecified atom stereocenters. The summed E-state index contributed by atoms with van der Waals surface area (Å²) in [5, 5.41) is 7.98. The van der Waals surface area contributed by atoms with E-state index in [1.807, 2.05) is 74.5 Å². The van der Waals surface area contributed by atoms with E-state index in [0.29, 0.717) is 45.1 Å². The van der Waals surface area contributed by atoms with Crippen LogP contribution in [0.25, 0.3) is 0 Å². The van der Waals surface area contributed by atoms with E-state index >= 15 is 0 Å². The first-order valence-corrected chi connectivity index (χ1v) is 18.2. The van der Waals surface area contributed by atoms with E-state index < -0.39 is 41.4 Å². The topological polar surface area (TPSA) is 194 Å². The van der Waals surface area contributed by atoms with Crippen LogP contribution in [0.2, 0.25) is 0 Å². The first kappa shape index (κ1) is 39.4. The van der Waals surface area contributed by atoms with Crippen molar-refractivity contribution in [2.75, 3.05) is 19.6 Å². The van der Waals surface area contributed by atoms with Gasteiger partial charge in [0.2, 0.25) is 11.8 Å². The Kier molecular flexibility index (Phi) is 14.4. The number of nitrogens with zero attached hydrogens (tertiary/aromatic N) is 1. The van der Waals surface area contributed by atoms with Gasteiger partial charge in [0.05, 0.1) is 12.1 Å². The maximum Gasteiger partial charge on any atom is 0.322 e. The molecule has 0 bridgehead atoms. The number of nitrogens with one attached hydrogen (secondary N) is 3. The number of unbranched alkanes of at least 4 members (excludes halogenated alkanes) is 1. The van der Waals surface area contributed by atoms with Gasteiger partial charge in [-0.05, 0) is 68.5 Å². The normalized spacial score (nSPS) is 17.7. The number of likely N-dealkylation sites (tertiary alicyclic amines) is 1. The van der Waals surface area contributed by atoms with Crippen LogP contribution >= 0.6 is 0 Å². The average molecular weight is 703 g/mol. The van der Waals surface area contributed by atoms with Crippen LogP contribution in [0.1, 0.15) is 76.3 Å². The molecule has 2 saturated heterocycles. The molecule has 12 heteroatoms. The number of urea groups is 1. The fraction of sp³-hybridized carbons (Fsp3) is 0.538. The molecule has 276 valence electrons. The van der Waals surface area contributed by atoms with Crippen LogP contribution in [0.4, 0.5) is 4.79 Å². The van der Waals surface area contributed by atoms with Crippen molar-refractivity contribution in [3.8, 4) is 0 Å². The third kappa shape index (κ3) is 11.3. The number of piperidine rings is 1. The molecule has 2 aromatic carbocycles. The lowest BCUT2D eigenvalue weighted by Gasteiger charge is -2.38. The Morgan fingerprint density at radius 3 is 1.98 bits per heavy atom. The van der Waals surface area contributed by atoms with Crippen molar-refractivity contribution in [3.63, 3.8) is 0 Å². The van der Waals surface area contributed by atoms with Crippen molar-refractivity contribution in [2.24, 2.45) is 29.2 Å². The number of nitrogens with two attached hydrogens (primary N) is 2. The molecule has 0 aromatic heterocycles. The highest BCUT2D eigenvalue weighted by molar-refractivity contribution is 6.07. The molecule has 51 heavy (non-hydrogen) atoms. The fourth-order valence-electron chi connectivity index (χ4n) is 7.04. The Bertz CT molecular complexity index is 1510. The number of rotatable bonds is 19. The zero-order valence-electron chi connectivity index (χ0n) is 29.9. The second-order valence-electron chi connectivity index (χ2n) is 14.5. The highest BCUT2D eigenvalue weighted by atomic mass is 16.2. The Morgan fingerprint density at radius 1 is 0.843 bits per heavy atom. The number of hydrogen-bond acceptors (Lipinski definition) is 8. The molecule has 2 aromatic rings. The van der Waals surface area contributed by atoms with Gasteiger partial charge in [0.15, 0.2) is 11.6 Å². The first-order chi connectivity index (χ1) is 24.4. The third-order valence-electron chi connectivity index (χ3n) is 10.0. The van der Waals surface area contributed by atoms with Crippen molar-refractivity contribution >= 4 is 35.3 Å². The van der Waals surface area contributed by atoms with Crippen molar-refractivity contribution < 1.29 is 28.8 Å². The summed E-state index contributed by atoms with van der Waals surface area (Å²) in [6.45, 7) is 4.92. The molecule has 2 aliphatic rings. The number of Topliss-reactive ketones (excluding diaryl/α,β-unsaturated/α-hetero) is 2. The minimum absolute atomic E-state index is 0.0604. The third-order valence-corrected chi connectivity index (χ3v) is 10.0. The molecule has 12 nitrogen and oxygen atoms in total. The average Bonchev–Trinajstić information content (AvgIpc) is 3.38. The number of carbonyl (C=O) groups excluding carboxylic acids is 6. The van der Waals surface area contributed by atoms with E-state index in [0.717, 1.165) is 11.1 Å². The molecule has 4 atom stereocenters. The number of imide groups is 1. The van der Waals surface area contributed by atoms with Gasteiger partial charge in [-0.1, -0.05) is 80.9 Å². The van der Waals surface area contributed by atoms with Gasteiger partial charge in [0, 0.05) is 37.8 Å². The second kappa shape index (κ2) is 18.7. The molecule has 2 heterocycles. The molecule has 4 rings (SSSR count). The highest BCUT2D eigenvalue weighted by Crippen LogP contribution is 2.28. The maximum atomic E-state index is 14.0. The summed E-state index contributed by atoms with van der Waals surface area (Å²) in [5.41, 5.74) is 12.9. The van der Waals surface area contributed by atoms with Gasteiger partial charge in [0.1, 0.15) is 5.54 Å². The molecule has 1 spiro atoms. The van der Waals surface area contributed by atoms with Crippen LogP contribution in [-0.4, -0.2) is 77.5 Å². The highest BCUT2D eigenvalue weighted by Gasteiger charge is 2.49. The summed E-state index contributed by atoms with van der Waals surface area (Å²) in [5.74, 6) is -2.77. The molecule has 2 aliphatic heterocycles. The lowest BCUT2D eigenvalue weighted by atomic mass is 9.85. The lowest BCUT2D eigenvalue weighted by Crippen LogP contribution is -2.56. The molecule has 0 saturated carbocycles. The van der Waals surface area contributed by atoms with E-state index in [4.69, 9.17) is 11.5 Å². The Labute approximate surface area is 300 Å². The predicted octanol–water partition coefficient (Wildman–Crippen LogP) is 2.81. The monoisotopic (exact) mass is 702 g/mol. The zero-order chi connectivity index (χ0) is 37.0. The summed E-state index contributed by atoms with van der Waals surface area (Å²) in [6.07, 6.45) is 3.24. The van der Waals surface area contributed by atoms with E-state index in [2.05, 4.69) is 16.0 Å². The lowest BCUT2D eigenvalue weighted by molar-refractivity contribution is -0.142. The number of amides is 5. The zero-order valence-corrected chi connectivity index (χ0v) is 29.9. The van der Waals surface area contributed by atoms with Crippen LogP contribution in [0.5, 0.6) is 0 Å². The van der Waals surface area contributed by atoms with Gasteiger partial charge in [-0.2, -0.15) is 0 Å². The number of benzene rings is 2. The maximum absolute atomic E-state index is 14.0. The minimum Gasteiger partial charge on any atom is -0.346 e. The summed E-state index contributed by atoms with van der Waals surface area (Å²) in [6, 6.07) is 16.8.